The third-order valence-corrected chi connectivity index (χ3v) is 10.1. The maximum Gasteiger partial charge on any atom is 0.294 e. The van der Waals surface area contributed by atoms with Crippen LogP contribution in [0.1, 0.15) is 44.7 Å². The maximum absolute atomic E-state index is 11.4. The van der Waals surface area contributed by atoms with Crippen LogP contribution in [0.5, 0.6) is 0 Å². The first-order chi connectivity index (χ1) is 10.3. The molecule has 0 saturated heterocycles. The highest BCUT2D eigenvalue weighted by Crippen LogP contribution is 2.36. The van der Waals surface area contributed by atoms with Crippen molar-refractivity contribution in [1.29, 1.82) is 0 Å². The Morgan fingerprint density at radius 2 is 1.78 bits per heavy atom. The summed E-state index contributed by atoms with van der Waals surface area (Å²) in [6.45, 7) is 13.7. The van der Waals surface area contributed by atoms with Crippen LogP contribution in [0.4, 0.5) is 0 Å². The SMILES string of the molecule is Cc1ccc(S(=O)(=O)O)c(CCCCO[Si](C)(C)C(C)(C)C)c1. The molecule has 0 heterocycles. The van der Waals surface area contributed by atoms with Gasteiger partial charge in [-0.15, -0.1) is 0 Å². The molecule has 0 amide bonds. The van der Waals surface area contributed by atoms with Crippen molar-refractivity contribution in [3.63, 3.8) is 0 Å². The molecule has 23 heavy (non-hydrogen) atoms. The molecule has 0 spiro atoms. The standard InChI is InChI=1S/C17H30O4SSi/c1-14-10-11-16(22(18,19)20)15(13-14)9-7-8-12-21-23(5,6)17(2,3)4/h10-11,13H,7-9,12H2,1-6H3,(H,18,19,20). The molecule has 1 aromatic rings. The molecule has 0 aliphatic rings. The minimum absolute atomic E-state index is 0.0217. The molecule has 1 N–H and O–H groups in total. The van der Waals surface area contributed by atoms with Crippen molar-refractivity contribution in [3.05, 3.63) is 29.3 Å². The lowest BCUT2D eigenvalue weighted by Gasteiger charge is -2.36. The minimum Gasteiger partial charge on any atom is -0.417 e. The number of hydrogen-bond acceptors (Lipinski definition) is 3. The highest BCUT2D eigenvalue weighted by molar-refractivity contribution is 7.85. The van der Waals surface area contributed by atoms with Crippen LogP contribution in [0.2, 0.25) is 18.1 Å². The molecular weight excluding hydrogens is 328 g/mol. The molecule has 0 aliphatic heterocycles. The van der Waals surface area contributed by atoms with Crippen molar-refractivity contribution in [2.24, 2.45) is 0 Å². The second-order valence-corrected chi connectivity index (χ2v) is 13.9. The number of aryl methyl sites for hydroxylation is 2. The predicted octanol–water partition coefficient (Wildman–Crippen LogP) is 4.59. The fourth-order valence-electron chi connectivity index (χ4n) is 2.12. The first kappa shape index (κ1) is 20.4. The Labute approximate surface area is 142 Å². The molecule has 0 unspecified atom stereocenters. The van der Waals surface area contributed by atoms with Crippen molar-refractivity contribution >= 4 is 18.4 Å². The van der Waals surface area contributed by atoms with Gasteiger partial charge >= 0.3 is 0 Å². The van der Waals surface area contributed by atoms with Gasteiger partial charge in [0.2, 0.25) is 0 Å². The zero-order chi connectivity index (χ0) is 17.9. The Kier molecular flexibility index (Phi) is 6.61. The van der Waals surface area contributed by atoms with Crippen LogP contribution < -0.4 is 0 Å². The molecule has 4 nitrogen and oxygen atoms in total. The van der Waals surface area contributed by atoms with E-state index >= 15 is 0 Å². The topological polar surface area (TPSA) is 63.6 Å². The van der Waals surface area contributed by atoms with Gasteiger partial charge in [0.1, 0.15) is 0 Å². The summed E-state index contributed by atoms with van der Waals surface area (Å²) in [5.74, 6) is 0. The largest absolute Gasteiger partial charge is 0.417 e. The van der Waals surface area contributed by atoms with Gasteiger partial charge in [-0.05, 0) is 55.9 Å². The van der Waals surface area contributed by atoms with E-state index in [1.807, 2.05) is 13.0 Å². The molecule has 6 heteroatoms. The molecular formula is C17H30O4SSi. The van der Waals surface area contributed by atoms with Crippen molar-refractivity contribution < 1.29 is 17.4 Å². The zero-order valence-electron chi connectivity index (χ0n) is 15.1. The lowest BCUT2D eigenvalue weighted by atomic mass is 10.1. The second-order valence-electron chi connectivity index (χ2n) is 7.65. The van der Waals surface area contributed by atoms with Gasteiger partial charge in [-0.3, -0.25) is 4.55 Å². The van der Waals surface area contributed by atoms with E-state index in [0.717, 1.165) is 18.4 Å². The predicted molar refractivity (Wildman–Crippen MR) is 97.1 cm³/mol. The Bertz CT molecular complexity index is 630. The number of rotatable bonds is 7. The van der Waals surface area contributed by atoms with E-state index in [9.17, 15) is 13.0 Å². The molecule has 0 aromatic heterocycles. The highest BCUT2D eigenvalue weighted by atomic mass is 32.2. The maximum atomic E-state index is 11.4. The summed E-state index contributed by atoms with van der Waals surface area (Å²) in [6, 6.07) is 5.01. The lowest BCUT2D eigenvalue weighted by Crippen LogP contribution is -2.40. The molecule has 0 bridgehead atoms. The van der Waals surface area contributed by atoms with Gasteiger partial charge in [-0.2, -0.15) is 8.42 Å². The van der Waals surface area contributed by atoms with Gasteiger partial charge in [-0.1, -0.05) is 38.5 Å². The van der Waals surface area contributed by atoms with E-state index in [-0.39, 0.29) is 9.93 Å². The van der Waals surface area contributed by atoms with Crippen LogP contribution in [0.3, 0.4) is 0 Å². The summed E-state index contributed by atoms with van der Waals surface area (Å²) < 4.78 is 38.3. The highest BCUT2D eigenvalue weighted by Gasteiger charge is 2.36. The van der Waals surface area contributed by atoms with Gasteiger partial charge in [0, 0.05) is 6.61 Å². The Hall–Kier alpha value is -0.693. The van der Waals surface area contributed by atoms with E-state index in [1.54, 1.807) is 6.07 Å². The molecule has 0 fully saturated rings. The quantitative estimate of drug-likeness (QED) is 0.440. The lowest BCUT2D eigenvalue weighted by molar-refractivity contribution is 0.279. The summed E-state index contributed by atoms with van der Waals surface area (Å²) in [5, 5.41) is 0.196. The monoisotopic (exact) mass is 358 g/mol. The Morgan fingerprint density at radius 3 is 2.30 bits per heavy atom. The molecule has 0 aliphatic carbocycles. The Balaban J connectivity index is 2.59. The Morgan fingerprint density at radius 1 is 1.17 bits per heavy atom. The summed E-state index contributed by atoms with van der Waals surface area (Å²) >= 11 is 0. The summed E-state index contributed by atoms with van der Waals surface area (Å²) in [5.41, 5.74) is 1.67. The normalized spacial score (nSPS) is 13.3. The summed E-state index contributed by atoms with van der Waals surface area (Å²) in [4.78, 5) is 0.0217. The van der Waals surface area contributed by atoms with Crippen LogP contribution >= 0.6 is 0 Å². The second kappa shape index (κ2) is 7.47. The van der Waals surface area contributed by atoms with Crippen LogP contribution in [-0.2, 0) is 21.0 Å². The van der Waals surface area contributed by atoms with Gasteiger partial charge in [0.25, 0.3) is 10.1 Å². The summed E-state index contributed by atoms with van der Waals surface area (Å²) in [6.07, 6.45) is 2.34. The fraction of sp³-hybridized carbons (Fsp3) is 0.647. The van der Waals surface area contributed by atoms with Gasteiger partial charge in [0.05, 0.1) is 4.90 Å². The van der Waals surface area contributed by atoms with Crippen molar-refractivity contribution in [2.45, 2.75) is 70.0 Å². The van der Waals surface area contributed by atoms with E-state index in [4.69, 9.17) is 4.43 Å². The molecule has 1 aromatic carbocycles. The van der Waals surface area contributed by atoms with Crippen LogP contribution in [0.15, 0.2) is 23.1 Å². The fourth-order valence-corrected chi connectivity index (χ4v) is 3.94. The molecule has 0 saturated carbocycles. The summed E-state index contributed by atoms with van der Waals surface area (Å²) in [7, 11) is -5.88. The third kappa shape index (κ3) is 6.03. The van der Waals surface area contributed by atoms with Gasteiger partial charge < -0.3 is 4.43 Å². The molecule has 0 radical (unpaired) electrons. The minimum atomic E-state index is -4.16. The average Bonchev–Trinajstić information content (AvgIpc) is 2.35. The van der Waals surface area contributed by atoms with E-state index in [1.165, 1.54) is 6.07 Å². The van der Waals surface area contributed by atoms with Gasteiger partial charge in [-0.25, -0.2) is 0 Å². The molecule has 132 valence electrons. The van der Waals surface area contributed by atoms with Gasteiger partial charge in [0.15, 0.2) is 8.32 Å². The van der Waals surface area contributed by atoms with Crippen molar-refractivity contribution in [1.82, 2.24) is 0 Å². The van der Waals surface area contributed by atoms with Crippen molar-refractivity contribution in [3.8, 4) is 0 Å². The smallest absolute Gasteiger partial charge is 0.294 e. The number of unbranched alkanes of at least 4 members (excludes halogenated alkanes) is 1. The van der Waals surface area contributed by atoms with Crippen LogP contribution in [0.25, 0.3) is 0 Å². The van der Waals surface area contributed by atoms with Crippen LogP contribution in [-0.4, -0.2) is 27.9 Å². The van der Waals surface area contributed by atoms with E-state index in [0.29, 0.717) is 18.6 Å². The first-order valence-corrected chi connectivity index (χ1v) is 12.4. The average molecular weight is 359 g/mol. The zero-order valence-corrected chi connectivity index (χ0v) is 17.0. The first-order valence-electron chi connectivity index (χ1n) is 8.05. The van der Waals surface area contributed by atoms with Crippen molar-refractivity contribution in [2.75, 3.05) is 6.61 Å². The number of hydrogen-bond donors (Lipinski definition) is 1. The number of benzene rings is 1. The molecule has 1 rings (SSSR count). The molecule has 0 atom stereocenters. The third-order valence-electron chi connectivity index (χ3n) is 4.60. The van der Waals surface area contributed by atoms with Crippen LogP contribution in [0, 0.1) is 6.92 Å². The van der Waals surface area contributed by atoms with E-state index < -0.39 is 18.4 Å². The van der Waals surface area contributed by atoms with E-state index in [2.05, 4.69) is 33.9 Å².